The number of furan rings is 1. The van der Waals surface area contributed by atoms with Crippen molar-refractivity contribution in [2.75, 3.05) is 39.4 Å². The maximum atomic E-state index is 12.6. The van der Waals surface area contributed by atoms with Gasteiger partial charge in [0.1, 0.15) is 17.6 Å². The van der Waals surface area contributed by atoms with Crippen molar-refractivity contribution >= 4 is 5.91 Å². The molecule has 0 bridgehead atoms. The average Bonchev–Trinajstić information content (AvgIpc) is 2.88. The number of ether oxygens (including phenoxy) is 1. The summed E-state index contributed by atoms with van der Waals surface area (Å²) in [4.78, 5) is 16.5. The molecule has 2 aliphatic rings. The van der Waals surface area contributed by atoms with E-state index in [1.165, 1.54) is 0 Å². The Kier molecular flexibility index (Phi) is 4.72. The Balaban J connectivity index is 1.60. The van der Waals surface area contributed by atoms with Gasteiger partial charge in [0.2, 0.25) is 0 Å². The Morgan fingerprint density at radius 3 is 2.48 bits per heavy atom. The van der Waals surface area contributed by atoms with Crippen molar-refractivity contribution in [3.05, 3.63) is 23.2 Å². The SMILES string of the molecule is Cc1cc(C(=O)N2CCN([C@@H]3COC[C@@H](O)[C@H]3O)CC2)c(C)o1. The van der Waals surface area contributed by atoms with Gasteiger partial charge >= 0.3 is 0 Å². The standard InChI is InChI=1S/C16H24N2O5/c1-10-7-12(11(2)23-10)16(21)18-5-3-17(4-6-18)13-8-22-9-14(19)15(13)20/h7,13-15,19-20H,3-6,8-9H2,1-2H3/t13-,14-,15+/m1/s1. The van der Waals surface area contributed by atoms with Gasteiger partial charge in [0.25, 0.3) is 5.91 Å². The van der Waals surface area contributed by atoms with E-state index in [0.29, 0.717) is 44.1 Å². The summed E-state index contributed by atoms with van der Waals surface area (Å²) in [6.45, 7) is 6.69. The first kappa shape index (κ1) is 16.4. The zero-order valence-electron chi connectivity index (χ0n) is 13.6. The van der Waals surface area contributed by atoms with Gasteiger partial charge in [-0.25, -0.2) is 0 Å². The van der Waals surface area contributed by atoms with Crippen LogP contribution in [0.25, 0.3) is 0 Å². The number of hydrogen-bond acceptors (Lipinski definition) is 6. The van der Waals surface area contributed by atoms with E-state index in [1.54, 1.807) is 17.9 Å². The van der Waals surface area contributed by atoms with Crippen molar-refractivity contribution in [1.29, 1.82) is 0 Å². The molecular formula is C16H24N2O5. The van der Waals surface area contributed by atoms with E-state index in [0.717, 1.165) is 5.76 Å². The van der Waals surface area contributed by atoms with E-state index in [4.69, 9.17) is 9.15 Å². The average molecular weight is 324 g/mol. The van der Waals surface area contributed by atoms with Crippen LogP contribution in [-0.2, 0) is 4.74 Å². The fourth-order valence-electron chi connectivity index (χ4n) is 3.35. The molecule has 0 unspecified atom stereocenters. The first-order valence-electron chi connectivity index (χ1n) is 8.01. The quantitative estimate of drug-likeness (QED) is 0.782. The maximum Gasteiger partial charge on any atom is 0.257 e. The normalized spacial score (nSPS) is 29.7. The highest BCUT2D eigenvalue weighted by atomic mass is 16.5. The second kappa shape index (κ2) is 6.60. The Morgan fingerprint density at radius 2 is 1.87 bits per heavy atom. The molecule has 1 amide bonds. The fourth-order valence-corrected chi connectivity index (χ4v) is 3.35. The third-order valence-electron chi connectivity index (χ3n) is 4.71. The van der Waals surface area contributed by atoms with Crippen LogP contribution in [0.1, 0.15) is 21.9 Å². The van der Waals surface area contributed by atoms with Crippen LogP contribution in [0.3, 0.4) is 0 Å². The van der Waals surface area contributed by atoms with E-state index in [9.17, 15) is 15.0 Å². The van der Waals surface area contributed by atoms with Crippen molar-refractivity contribution in [1.82, 2.24) is 9.80 Å². The van der Waals surface area contributed by atoms with Gasteiger partial charge in [-0.2, -0.15) is 0 Å². The number of amides is 1. The number of rotatable bonds is 2. The first-order chi connectivity index (χ1) is 11.0. The summed E-state index contributed by atoms with van der Waals surface area (Å²) in [6.07, 6.45) is -1.64. The summed E-state index contributed by atoms with van der Waals surface area (Å²) in [5, 5.41) is 19.8. The number of aliphatic hydroxyl groups is 2. The molecule has 3 heterocycles. The van der Waals surface area contributed by atoms with Gasteiger partial charge in [-0.05, 0) is 19.9 Å². The van der Waals surface area contributed by atoms with Crippen molar-refractivity contribution < 1.29 is 24.2 Å². The maximum absolute atomic E-state index is 12.6. The van der Waals surface area contributed by atoms with E-state index >= 15 is 0 Å². The molecule has 3 atom stereocenters. The lowest BCUT2D eigenvalue weighted by atomic mass is 10.0. The molecule has 23 heavy (non-hydrogen) atoms. The molecule has 7 heteroatoms. The lowest BCUT2D eigenvalue weighted by molar-refractivity contribution is -0.136. The number of aryl methyl sites for hydroxylation is 2. The number of hydrogen-bond donors (Lipinski definition) is 2. The summed E-state index contributed by atoms with van der Waals surface area (Å²) >= 11 is 0. The van der Waals surface area contributed by atoms with Gasteiger partial charge in [-0.15, -0.1) is 0 Å². The van der Waals surface area contributed by atoms with Crippen LogP contribution in [0.4, 0.5) is 0 Å². The molecule has 1 aromatic rings. The molecule has 0 aromatic carbocycles. The molecule has 3 rings (SSSR count). The summed E-state index contributed by atoms with van der Waals surface area (Å²) in [5.41, 5.74) is 0.618. The highest BCUT2D eigenvalue weighted by Crippen LogP contribution is 2.20. The second-order valence-corrected chi connectivity index (χ2v) is 6.32. The smallest absolute Gasteiger partial charge is 0.257 e. The van der Waals surface area contributed by atoms with Crippen LogP contribution in [0.2, 0.25) is 0 Å². The number of carbonyl (C=O) groups is 1. The molecule has 2 fully saturated rings. The Hall–Kier alpha value is -1.41. The highest BCUT2D eigenvalue weighted by molar-refractivity contribution is 5.95. The van der Waals surface area contributed by atoms with Crippen LogP contribution < -0.4 is 0 Å². The number of carbonyl (C=O) groups excluding carboxylic acids is 1. The molecular weight excluding hydrogens is 300 g/mol. The molecule has 0 aliphatic carbocycles. The summed E-state index contributed by atoms with van der Waals surface area (Å²) in [6, 6.07) is 1.56. The van der Waals surface area contributed by atoms with E-state index in [-0.39, 0.29) is 18.6 Å². The van der Waals surface area contributed by atoms with Gasteiger partial charge in [0, 0.05) is 26.2 Å². The summed E-state index contributed by atoms with van der Waals surface area (Å²) in [5.74, 6) is 1.37. The largest absolute Gasteiger partial charge is 0.466 e. The predicted molar refractivity (Wildman–Crippen MR) is 82.3 cm³/mol. The van der Waals surface area contributed by atoms with Gasteiger partial charge < -0.3 is 24.3 Å². The minimum Gasteiger partial charge on any atom is -0.466 e. The Labute approximate surface area is 135 Å². The lowest BCUT2D eigenvalue weighted by Crippen LogP contribution is -2.60. The Bertz CT molecular complexity index is 565. The summed E-state index contributed by atoms with van der Waals surface area (Å²) in [7, 11) is 0. The van der Waals surface area contributed by atoms with Crippen LogP contribution in [0.15, 0.2) is 10.5 Å². The molecule has 0 radical (unpaired) electrons. The van der Waals surface area contributed by atoms with Gasteiger partial charge in [0.05, 0.1) is 30.9 Å². The molecule has 2 saturated heterocycles. The molecule has 2 N–H and O–H groups in total. The van der Waals surface area contributed by atoms with Gasteiger partial charge in [-0.1, -0.05) is 0 Å². The van der Waals surface area contributed by atoms with Crippen molar-refractivity contribution in [3.8, 4) is 0 Å². The highest BCUT2D eigenvalue weighted by Gasteiger charge is 2.37. The topological polar surface area (TPSA) is 86.4 Å². The fraction of sp³-hybridized carbons (Fsp3) is 0.688. The molecule has 2 aliphatic heterocycles. The predicted octanol–water partition coefficient (Wildman–Crippen LogP) is -0.225. The minimum atomic E-state index is -0.843. The number of nitrogens with zero attached hydrogens (tertiary/aromatic N) is 2. The lowest BCUT2D eigenvalue weighted by Gasteiger charge is -2.43. The van der Waals surface area contributed by atoms with Crippen LogP contribution in [0, 0.1) is 13.8 Å². The third-order valence-corrected chi connectivity index (χ3v) is 4.71. The van der Waals surface area contributed by atoms with Crippen molar-refractivity contribution in [3.63, 3.8) is 0 Å². The molecule has 0 saturated carbocycles. The van der Waals surface area contributed by atoms with Crippen LogP contribution in [-0.4, -0.2) is 83.6 Å². The van der Waals surface area contributed by atoms with Crippen LogP contribution >= 0.6 is 0 Å². The molecule has 0 spiro atoms. The molecule has 7 nitrogen and oxygen atoms in total. The first-order valence-corrected chi connectivity index (χ1v) is 8.01. The van der Waals surface area contributed by atoms with Crippen molar-refractivity contribution in [2.45, 2.75) is 32.1 Å². The monoisotopic (exact) mass is 324 g/mol. The molecule has 1 aromatic heterocycles. The molecule has 128 valence electrons. The van der Waals surface area contributed by atoms with Crippen molar-refractivity contribution in [2.24, 2.45) is 0 Å². The zero-order chi connectivity index (χ0) is 16.6. The van der Waals surface area contributed by atoms with Crippen LogP contribution in [0.5, 0.6) is 0 Å². The summed E-state index contributed by atoms with van der Waals surface area (Å²) < 4.78 is 10.8. The van der Waals surface area contributed by atoms with E-state index in [2.05, 4.69) is 4.90 Å². The number of piperazine rings is 1. The minimum absolute atomic E-state index is 0.0144. The van der Waals surface area contributed by atoms with Gasteiger partial charge in [-0.3, -0.25) is 9.69 Å². The zero-order valence-corrected chi connectivity index (χ0v) is 13.6. The third kappa shape index (κ3) is 3.28. The number of aliphatic hydroxyl groups excluding tert-OH is 2. The Morgan fingerprint density at radius 1 is 1.17 bits per heavy atom. The van der Waals surface area contributed by atoms with E-state index < -0.39 is 12.2 Å². The van der Waals surface area contributed by atoms with E-state index in [1.807, 2.05) is 6.92 Å². The second-order valence-electron chi connectivity index (χ2n) is 6.32. The van der Waals surface area contributed by atoms with Gasteiger partial charge in [0.15, 0.2) is 0 Å².